The average Bonchev–Trinajstić information content (AvgIpc) is 2.69. The van der Waals surface area contributed by atoms with Crippen molar-refractivity contribution in [2.75, 3.05) is 11.1 Å². The fraction of sp³-hybridized carbons (Fsp3) is 0.391. The maximum Gasteiger partial charge on any atom is 0.222 e. The second kappa shape index (κ2) is 8.05. The number of hydrogen-bond donors (Lipinski definition) is 2. The Morgan fingerprint density at radius 1 is 0.964 bits per heavy atom. The highest BCUT2D eigenvalue weighted by atomic mass is 16.5. The highest BCUT2D eigenvalue weighted by Gasteiger charge is 2.16. The minimum Gasteiger partial charge on any atom is -0.491 e. The molecule has 0 radical (unpaired) electrons. The summed E-state index contributed by atoms with van der Waals surface area (Å²) in [6.07, 6.45) is 6.40. The molecular formula is C23H28N4O. The predicted molar refractivity (Wildman–Crippen MR) is 116 cm³/mol. The molecule has 0 amide bonds. The fourth-order valence-electron chi connectivity index (χ4n) is 3.87. The van der Waals surface area contributed by atoms with E-state index in [-0.39, 0.29) is 6.10 Å². The maximum atomic E-state index is 5.96. The van der Waals surface area contributed by atoms with Crippen LogP contribution in [0.2, 0.25) is 0 Å². The largest absolute Gasteiger partial charge is 0.491 e. The van der Waals surface area contributed by atoms with E-state index < -0.39 is 0 Å². The van der Waals surface area contributed by atoms with E-state index in [9.17, 15) is 0 Å². The van der Waals surface area contributed by atoms with Crippen LogP contribution in [-0.4, -0.2) is 22.1 Å². The highest BCUT2D eigenvalue weighted by Crippen LogP contribution is 2.31. The topological polar surface area (TPSA) is 73.1 Å². The van der Waals surface area contributed by atoms with Gasteiger partial charge in [-0.15, -0.1) is 0 Å². The molecule has 0 atom stereocenters. The van der Waals surface area contributed by atoms with Crippen LogP contribution in [0.15, 0.2) is 42.5 Å². The van der Waals surface area contributed by atoms with Crippen molar-refractivity contribution in [3.63, 3.8) is 0 Å². The Morgan fingerprint density at radius 3 is 2.39 bits per heavy atom. The van der Waals surface area contributed by atoms with Crippen molar-refractivity contribution in [2.45, 2.75) is 58.1 Å². The van der Waals surface area contributed by atoms with E-state index in [0.717, 1.165) is 33.6 Å². The van der Waals surface area contributed by atoms with Crippen molar-refractivity contribution >= 4 is 22.7 Å². The Morgan fingerprint density at radius 2 is 1.68 bits per heavy atom. The lowest BCUT2D eigenvalue weighted by atomic mass is 9.95. The Balaban J connectivity index is 1.67. The first-order valence-electron chi connectivity index (χ1n) is 10.2. The number of aromatic nitrogens is 2. The molecule has 1 aliphatic rings. The molecule has 1 fully saturated rings. The molecule has 3 aromatic rings. The summed E-state index contributed by atoms with van der Waals surface area (Å²) < 4.78 is 5.75. The average molecular weight is 377 g/mol. The first-order chi connectivity index (χ1) is 13.6. The summed E-state index contributed by atoms with van der Waals surface area (Å²) in [4.78, 5) is 8.93. The van der Waals surface area contributed by atoms with Crippen LogP contribution >= 0.6 is 0 Å². The lowest BCUT2D eigenvalue weighted by Gasteiger charge is -2.24. The summed E-state index contributed by atoms with van der Waals surface area (Å²) in [6, 6.07) is 14.9. The van der Waals surface area contributed by atoms with E-state index in [1.165, 1.54) is 32.1 Å². The van der Waals surface area contributed by atoms with Crippen LogP contribution < -0.4 is 15.8 Å². The fourth-order valence-corrected chi connectivity index (χ4v) is 3.87. The van der Waals surface area contributed by atoms with E-state index in [2.05, 4.69) is 39.6 Å². The smallest absolute Gasteiger partial charge is 0.222 e. The second-order valence-electron chi connectivity index (χ2n) is 7.83. The van der Waals surface area contributed by atoms with E-state index >= 15 is 0 Å². The number of nitrogens with zero attached hydrogens (tertiary/aromatic N) is 2. The molecule has 1 heterocycles. The first kappa shape index (κ1) is 18.5. The summed E-state index contributed by atoms with van der Waals surface area (Å²) in [5.74, 6) is 2.04. The second-order valence-corrected chi connectivity index (χ2v) is 7.83. The molecule has 0 bridgehead atoms. The van der Waals surface area contributed by atoms with E-state index in [4.69, 9.17) is 10.5 Å². The van der Waals surface area contributed by atoms with Gasteiger partial charge >= 0.3 is 0 Å². The summed E-state index contributed by atoms with van der Waals surface area (Å²) in [5, 5.41) is 4.64. The molecule has 0 unspecified atom stereocenters. The number of ether oxygens (including phenoxy) is 1. The van der Waals surface area contributed by atoms with Crippen molar-refractivity contribution < 1.29 is 4.74 Å². The Kier molecular flexibility index (Phi) is 5.33. The highest BCUT2D eigenvalue weighted by molar-refractivity contribution is 5.93. The standard InChI is InChI=1S/C23H28N4O/c1-15(2)28-19-11-8-16(9-12-19)17-10-13-21-20(14-17)22(27-23(24)26-21)25-18-6-4-3-5-7-18/h8-15,18H,3-7H2,1-2H3,(H3,24,25,26,27). The normalized spacial score (nSPS) is 15.1. The van der Waals surface area contributed by atoms with Gasteiger partial charge in [-0.1, -0.05) is 37.5 Å². The van der Waals surface area contributed by atoms with Gasteiger partial charge in [0.25, 0.3) is 0 Å². The quantitative estimate of drug-likeness (QED) is 0.623. The number of fused-ring (bicyclic) bond motifs is 1. The monoisotopic (exact) mass is 376 g/mol. The lowest BCUT2D eigenvalue weighted by Crippen LogP contribution is -2.23. The molecular weight excluding hydrogens is 348 g/mol. The van der Waals surface area contributed by atoms with Crippen molar-refractivity contribution in [2.24, 2.45) is 0 Å². The van der Waals surface area contributed by atoms with Gasteiger partial charge in [0.05, 0.1) is 11.6 Å². The molecule has 5 heteroatoms. The Bertz CT molecular complexity index is 947. The van der Waals surface area contributed by atoms with Gasteiger partial charge in [0.2, 0.25) is 5.95 Å². The van der Waals surface area contributed by atoms with Crippen molar-refractivity contribution in [1.82, 2.24) is 9.97 Å². The van der Waals surface area contributed by atoms with E-state index in [0.29, 0.717) is 12.0 Å². The zero-order valence-electron chi connectivity index (χ0n) is 16.6. The number of benzene rings is 2. The molecule has 28 heavy (non-hydrogen) atoms. The van der Waals surface area contributed by atoms with E-state index in [1.54, 1.807) is 0 Å². The molecule has 2 aromatic carbocycles. The molecule has 4 rings (SSSR count). The van der Waals surface area contributed by atoms with Gasteiger partial charge in [0.15, 0.2) is 0 Å². The number of nitrogens with one attached hydrogen (secondary N) is 1. The van der Waals surface area contributed by atoms with Crippen LogP contribution in [0.4, 0.5) is 11.8 Å². The molecule has 0 aliphatic heterocycles. The van der Waals surface area contributed by atoms with Crippen molar-refractivity contribution in [1.29, 1.82) is 0 Å². The number of anilines is 2. The van der Waals surface area contributed by atoms with Crippen LogP contribution in [-0.2, 0) is 0 Å². The molecule has 146 valence electrons. The molecule has 0 spiro atoms. The van der Waals surface area contributed by atoms with E-state index in [1.807, 2.05) is 32.0 Å². The maximum absolute atomic E-state index is 5.96. The zero-order chi connectivity index (χ0) is 19.5. The van der Waals surface area contributed by atoms with Gasteiger partial charge in [-0.3, -0.25) is 0 Å². The summed E-state index contributed by atoms with van der Waals surface area (Å²) in [6.45, 7) is 4.06. The first-order valence-corrected chi connectivity index (χ1v) is 10.2. The van der Waals surface area contributed by atoms with Crippen molar-refractivity contribution in [3.05, 3.63) is 42.5 Å². The van der Waals surface area contributed by atoms with Gasteiger partial charge in [0.1, 0.15) is 11.6 Å². The molecule has 5 nitrogen and oxygen atoms in total. The Labute approximate surface area is 166 Å². The van der Waals surface area contributed by atoms with Crippen LogP contribution in [0, 0.1) is 0 Å². The third-order valence-electron chi connectivity index (χ3n) is 5.22. The zero-order valence-corrected chi connectivity index (χ0v) is 16.6. The minimum absolute atomic E-state index is 0.169. The van der Waals surface area contributed by atoms with Crippen LogP contribution in [0.5, 0.6) is 5.75 Å². The summed E-state index contributed by atoms with van der Waals surface area (Å²) in [5.41, 5.74) is 9.09. The Hall–Kier alpha value is -2.82. The number of nitrogen functional groups attached to an aromatic ring is 1. The number of rotatable bonds is 5. The third kappa shape index (κ3) is 4.19. The molecule has 1 aliphatic carbocycles. The van der Waals surface area contributed by atoms with Gasteiger partial charge in [-0.25, -0.2) is 4.98 Å². The minimum atomic E-state index is 0.169. The predicted octanol–water partition coefficient (Wildman–Crippen LogP) is 5.41. The number of nitrogens with two attached hydrogens (primary N) is 1. The summed E-state index contributed by atoms with van der Waals surface area (Å²) in [7, 11) is 0. The van der Waals surface area contributed by atoms with Gasteiger partial charge in [-0.2, -0.15) is 4.98 Å². The van der Waals surface area contributed by atoms with Crippen molar-refractivity contribution in [3.8, 4) is 16.9 Å². The van der Waals surface area contributed by atoms with Crippen LogP contribution in [0.3, 0.4) is 0 Å². The summed E-state index contributed by atoms with van der Waals surface area (Å²) >= 11 is 0. The SMILES string of the molecule is CC(C)Oc1ccc(-c2ccc3nc(N)nc(NC4CCCCC4)c3c2)cc1. The van der Waals surface area contributed by atoms with Crippen LogP contribution in [0.25, 0.3) is 22.0 Å². The molecule has 3 N–H and O–H groups in total. The van der Waals surface area contributed by atoms with Crippen LogP contribution in [0.1, 0.15) is 46.0 Å². The third-order valence-corrected chi connectivity index (χ3v) is 5.22. The number of hydrogen-bond acceptors (Lipinski definition) is 5. The molecule has 1 saturated carbocycles. The van der Waals surface area contributed by atoms with Gasteiger partial charge in [0, 0.05) is 11.4 Å². The molecule has 1 aromatic heterocycles. The van der Waals surface area contributed by atoms with Gasteiger partial charge < -0.3 is 15.8 Å². The lowest BCUT2D eigenvalue weighted by molar-refractivity contribution is 0.242. The van der Waals surface area contributed by atoms with Gasteiger partial charge in [-0.05, 0) is 62.1 Å². The molecule has 0 saturated heterocycles.